The SMILES string of the molecule is CCOC(=O)[C@@H]1CC[C@H](CC)[C@H](N)C1.Cl. The summed E-state index contributed by atoms with van der Waals surface area (Å²) >= 11 is 0. The molecule has 0 heterocycles. The minimum Gasteiger partial charge on any atom is -0.466 e. The summed E-state index contributed by atoms with van der Waals surface area (Å²) in [6.07, 6.45) is 3.94. The third-order valence-corrected chi connectivity index (χ3v) is 3.19. The molecule has 0 aromatic heterocycles. The Morgan fingerprint density at radius 3 is 2.53 bits per heavy atom. The largest absolute Gasteiger partial charge is 0.466 e. The lowest BCUT2D eigenvalue weighted by Gasteiger charge is -2.32. The number of halogens is 1. The number of ether oxygens (including phenoxy) is 1. The van der Waals surface area contributed by atoms with Gasteiger partial charge >= 0.3 is 5.97 Å². The van der Waals surface area contributed by atoms with Crippen LogP contribution in [-0.4, -0.2) is 18.6 Å². The molecule has 1 saturated carbocycles. The first-order valence-electron chi connectivity index (χ1n) is 5.61. The topological polar surface area (TPSA) is 52.3 Å². The number of esters is 1. The van der Waals surface area contributed by atoms with Crippen molar-refractivity contribution in [2.24, 2.45) is 17.6 Å². The molecule has 0 aromatic rings. The molecule has 1 fully saturated rings. The van der Waals surface area contributed by atoms with E-state index in [9.17, 15) is 4.79 Å². The van der Waals surface area contributed by atoms with Crippen molar-refractivity contribution < 1.29 is 9.53 Å². The first-order chi connectivity index (χ1) is 6.69. The van der Waals surface area contributed by atoms with Crippen molar-refractivity contribution in [2.45, 2.75) is 45.6 Å². The molecule has 0 bridgehead atoms. The lowest BCUT2D eigenvalue weighted by molar-refractivity contribution is -0.149. The average Bonchev–Trinajstić information content (AvgIpc) is 2.18. The second kappa shape index (κ2) is 7.07. The van der Waals surface area contributed by atoms with Crippen LogP contribution in [0.3, 0.4) is 0 Å². The Morgan fingerprint density at radius 2 is 2.07 bits per heavy atom. The van der Waals surface area contributed by atoms with Gasteiger partial charge in [0.2, 0.25) is 0 Å². The number of carbonyl (C=O) groups excluding carboxylic acids is 1. The molecule has 0 aliphatic heterocycles. The fourth-order valence-corrected chi connectivity index (χ4v) is 2.25. The predicted octanol–water partition coefficient (Wildman–Crippen LogP) is 2.12. The van der Waals surface area contributed by atoms with Crippen LogP contribution < -0.4 is 5.73 Å². The van der Waals surface area contributed by atoms with Gasteiger partial charge in [-0.1, -0.05) is 13.3 Å². The second-order valence-corrected chi connectivity index (χ2v) is 4.09. The molecular weight excluding hydrogens is 214 g/mol. The zero-order chi connectivity index (χ0) is 10.6. The molecule has 0 unspecified atom stereocenters. The van der Waals surface area contributed by atoms with Crippen LogP contribution in [-0.2, 0) is 9.53 Å². The van der Waals surface area contributed by atoms with Gasteiger partial charge in [0.15, 0.2) is 0 Å². The lowest BCUT2D eigenvalue weighted by Crippen LogP contribution is -2.39. The van der Waals surface area contributed by atoms with E-state index in [0.29, 0.717) is 12.5 Å². The minimum absolute atomic E-state index is 0. The Balaban J connectivity index is 0.00000196. The third kappa shape index (κ3) is 3.99. The molecule has 0 radical (unpaired) electrons. The van der Waals surface area contributed by atoms with Gasteiger partial charge in [0, 0.05) is 6.04 Å². The molecule has 0 saturated heterocycles. The van der Waals surface area contributed by atoms with Gasteiger partial charge in [-0.15, -0.1) is 12.4 Å². The molecule has 0 aromatic carbocycles. The number of hydrogen-bond acceptors (Lipinski definition) is 3. The molecule has 2 N–H and O–H groups in total. The monoisotopic (exact) mass is 235 g/mol. The second-order valence-electron chi connectivity index (χ2n) is 4.09. The van der Waals surface area contributed by atoms with Crippen molar-refractivity contribution >= 4 is 18.4 Å². The number of hydrogen-bond donors (Lipinski definition) is 1. The highest BCUT2D eigenvalue weighted by Crippen LogP contribution is 2.30. The van der Waals surface area contributed by atoms with Crippen molar-refractivity contribution in [1.82, 2.24) is 0 Å². The third-order valence-electron chi connectivity index (χ3n) is 3.19. The van der Waals surface area contributed by atoms with Gasteiger partial charge in [-0.05, 0) is 32.1 Å². The maximum absolute atomic E-state index is 11.5. The fraction of sp³-hybridized carbons (Fsp3) is 0.909. The molecule has 15 heavy (non-hydrogen) atoms. The number of carbonyl (C=O) groups is 1. The van der Waals surface area contributed by atoms with E-state index in [1.54, 1.807) is 0 Å². The van der Waals surface area contributed by atoms with E-state index >= 15 is 0 Å². The Bertz CT molecular complexity index is 199. The van der Waals surface area contributed by atoms with Crippen molar-refractivity contribution in [3.05, 3.63) is 0 Å². The summed E-state index contributed by atoms with van der Waals surface area (Å²) in [6.45, 7) is 4.48. The smallest absolute Gasteiger partial charge is 0.308 e. The summed E-state index contributed by atoms with van der Waals surface area (Å²) in [5.74, 6) is 0.589. The summed E-state index contributed by atoms with van der Waals surface area (Å²) in [4.78, 5) is 11.5. The highest BCUT2D eigenvalue weighted by molar-refractivity contribution is 5.85. The van der Waals surface area contributed by atoms with Crippen LogP contribution in [0.5, 0.6) is 0 Å². The van der Waals surface area contributed by atoms with Crippen LogP contribution in [0.15, 0.2) is 0 Å². The average molecular weight is 236 g/mol. The first kappa shape index (κ1) is 14.7. The van der Waals surface area contributed by atoms with Crippen LogP contribution in [0.4, 0.5) is 0 Å². The van der Waals surface area contributed by atoms with Gasteiger partial charge in [0.1, 0.15) is 0 Å². The molecule has 1 aliphatic carbocycles. The quantitative estimate of drug-likeness (QED) is 0.763. The van der Waals surface area contributed by atoms with Crippen molar-refractivity contribution in [2.75, 3.05) is 6.61 Å². The maximum Gasteiger partial charge on any atom is 0.308 e. The van der Waals surface area contributed by atoms with Gasteiger partial charge < -0.3 is 10.5 Å². The normalized spacial score (nSPS) is 30.5. The lowest BCUT2D eigenvalue weighted by atomic mass is 9.77. The van der Waals surface area contributed by atoms with Crippen molar-refractivity contribution in [1.29, 1.82) is 0 Å². The molecule has 0 spiro atoms. The fourth-order valence-electron chi connectivity index (χ4n) is 2.25. The van der Waals surface area contributed by atoms with Gasteiger partial charge in [-0.25, -0.2) is 0 Å². The summed E-state index contributed by atoms with van der Waals surface area (Å²) in [5, 5.41) is 0. The van der Waals surface area contributed by atoms with Crippen LogP contribution >= 0.6 is 12.4 Å². The Kier molecular flexibility index (Phi) is 6.94. The highest BCUT2D eigenvalue weighted by Gasteiger charge is 2.31. The Morgan fingerprint density at radius 1 is 1.40 bits per heavy atom. The van der Waals surface area contributed by atoms with Crippen LogP contribution in [0.1, 0.15) is 39.5 Å². The molecule has 1 aliphatic rings. The van der Waals surface area contributed by atoms with Crippen LogP contribution in [0.25, 0.3) is 0 Å². The molecular formula is C11H22ClNO2. The first-order valence-corrected chi connectivity index (χ1v) is 5.61. The van der Waals surface area contributed by atoms with Crippen LogP contribution in [0.2, 0.25) is 0 Å². The minimum atomic E-state index is -0.0579. The number of rotatable bonds is 3. The van der Waals surface area contributed by atoms with E-state index in [0.717, 1.165) is 25.7 Å². The molecule has 3 atom stereocenters. The molecule has 3 nitrogen and oxygen atoms in total. The Labute approximate surface area is 98.2 Å². The zero-order valence-corrected chi connectivity index (χ0v) is 10.4. The van der Waals surface area contributed by atoms with E-state index in [2.05, 4.69) is 6.92 Å². The maximum atomic E-state index is 11.5. The van der Waals surface area contributed by atoms with E-state index in [-0.39, 0.29) is 30.3 Å². The summed E-state index contributed by atoms with van der Waals surface area (Å²) in [7, 11) is 0. The summed E-state index contributed by atoms with van der Waals surface area (Å²) in [5.41, 5.74) is 6.01. The van der Waals surface area contributed by atoms with Gasteiger partial charge in [0.05, 0.1) is 12.5 Å². The Hall–Kier alpha value is -0.280. The molecule has 0 amide bonds. The van der Waals surface area contributed by atoms with E-state index in [1.807, 2.05) is 6.92 Å². The van der Waals surface area contributed by atoms with Gasteiger partial charge in [-0.3, -0.25) is 4.79 Å². The summed E-state index contributed by atoms with van der Waals surface area (Å²) in [6, 6.07) is 0.183. The molecule has 1 rings (SSSR count). The van der Waals surface area contributed by atoms with E-state index < -0.39 is 0 Å². The van der Waals surface area contributed by atoms with E-state index in [1.165, 1.54) is 0 Å². The predicted molar refractivity (Wildman–Crippen MR) is 63.0 cm³/mol. The molecule has 4 heteroatoms. The standard InChI is InChI=1S/C11H21NO2.ClH/c1-3-8-5-6-9(7-10(8)12)11(13)14-4-2;/h8-10H,3-7,12H2,1-2H3;1H/t8-,9+,10+;/m0./s1. The zero-order valence-electron chi connectivity index (χ0n) is 9.57. The molecule has 90 valence electrons. The summed E-state index contributed by atoms with van der Waals surface area (Å²) < 4.78 is 5.00. The van der Waals surface area contributed by atoms with Crippen molar-refractivity contribution in [3.63, 3.8) is 0 Å². The van der Waals surface area contributed by atoms with Gasteiger partial charge in [0.25, 0.3) is 0 Å². The highest BCUT2D eigenvalue weighted by atomic mass is 35.5. The van der Waals surface area contributed by atoms with Crippen molar-refractivity contribution in [3.8, 4) is 0 Å². The van der Waals surface area contributed by atoms with E-state index in [4.69, 9.17) is 10.5 Å². The van der Waals surface area contributed by atoms with Gasteiger partial charge in [-0.2, -0.15) is 0 Å². The van der Waals surface area contributed by atoms with Crippen LogP contribution in [0, 0.1) is 11.8 Å². The number of nitrogens with two attached hydrogens (primary N) is 1.